The van der Waals surface area contributed by atoms with Crippen LogP contribution in [0.15, 0.2) is 42.5 Å². The van der Waals surface area contributed by atoms with Gasteiger partial charge in [-0.25, -0.2) is 0 Å². The highest BCUT2D eigenvalue weighted by molar-refractivity contribution is 5.58. The predicted octanol–water partition coefficient (Wildman–Crippen LogP) is 2.75. The molecule has 2 N–H and O–H groups in total. The van der Waals surface area contributed by atoms with Gasteiger partial charge in [-0.15, -0.1) is 0 Å². The van der Waals surface area contributed by atoms with Gasteiger partial charge in [-0.1, -0.05) is 12.1 Å². The van der Waals surface area contributed by atoms with Gasteiger partial charge in [-0.3, -0.25) is 0 Å². The molecular weight excluding hydrogens is 304 g/mol. The number of anilines is 1. The van der Waals surface area contributed by atoms with E-state index in [4.69, 9.17) is 19.9 Å². The molecule has 2 aromatic rings. The van der Waals surface area contributed by atoms with Gasteiger partial charge in [0.25, 0.3) is 0 Å². The lowest BCUT2D eigenvalue weighted by Gasteiger charge is -2.38. The van der Waals surface area contributed by atoms with Crippen molar-refractivity contribution >= 4 is 5.69 Å². The molecule has 0 spiro atoms. The zero-order valence-corrected chi connectivity index (χ0v) is 13.8. The summed E-state index contributed by atoms with van der Waals surface area (Å²) in [4.78, 5) is 2.34. The molecule has 5 nitrogen and oxygen atoms in total. The van der Waals surface area contributed by atoms with E-state index in [-0.39, 0.29) is 6.04 Å². The SMILES string of the molecule is COc1ccc(C2CC(N)CN(c3ccc4c(c3)OCO4)C2)cc1. The van der Waals surface area contributed by atoms with Gasteiger partial charge in [-0.2, -0.15) is 0 Å². The van der Waals surface area contributed by atoms with E-state index in [9.17, 15) is 0 Å². The average molecular weight is 326 g/mol. The lowest BCUT2D eigenvalue weighted by Crippen LogP contribution is -2.46. The Balaban J connectivity index is 1.56. The lowest BCUT2D eigenvalue weighted by molar-refractivity contribution is 0.174. The summed E-state index contributed by atoms with van der Waals surface area (Å²) < 4.78 is 16.1. The van der Waals surface area contributed by atoms with Crippen LogP contribution in [0.4, 0.5) is 5.69 Å². The average Bonchev–Trinajstić information content (AvgIpc) is 3.09. The van der Waals surface area contributed by atoms with E-state index in [1.54, 1.807) is 7.11 Å². The van der Waals surface area contributed by atoms with Crippen molar-refractivity contribution < 1.29 is 14.2 Å². The fourth-order valence-electron chi connectivity index (χ4n) is 3.55. The number of nitrogens with two attached hydrogens (primary N) is 1. The van der Waals surface area contributed by atoms with Crippen molar-refractivity contribution in [2.45, 2.75) is 18.4 Å². The summed E-state index contributed by atoms with van der Waals surface area (Å²) >= 11 is 0. The fourth-order valence-corrected chi connectivity index (χ4v) is 3.55. The number of fused-ring (bicyclic) bond motifs is 1. The van der Waals surface area contributed by atoms with Crippen molar-refractivity contribution in [3.63, 3.8) is 0 Å². The topological polar surface area (TPSA) is 57.0 Å². The molecule has 2 aliphatic rings. The molecule has 1 fully saturated rings. The molecule has 0 bridgehead atoms. The summed E-state index contributed by atoms with van der Waals surface area (Å²) in [5.41, 5.74) is 8.77. The van der Waals surface area contributed by atoms with E-state index in [0.717, 1.165) is 42.4 Å². The molecule has 1 saturated heterocycles. The van der Waals surface area contributed by atoms with Gasteiger partial charge in [0.05, 0.1) is 7.11 Å². The molecule has 2 atom stereocenters. The number of hydrogen-bond donors (Lipinski definition) is 1. The molecule has 5 heteroatoms. The maximum Gasteiger partial charge on any atom is 0.231 e. The number of rotatable bonds is 3. The second kappa shape index (κ2) is 6.24. The van der Waals surface area contributed by atoms with E-state index < -0.39 is 0 Å². The molecule has 2 unspecified atom stereocenters. The molecule has 0 aromatic heterocycles. The van der Waals surface area contributed by atoms with E-state index >= 15 is 0 Å². The molecule has 2 aromatic carbocycles. The van der Waals surface area contributed by atoms with Crippen LogP contribution >= 0.6 is 0 Å². The first-order valence-electron chi connectivity index (χ1n) is 8.27. The van der Waals surface area contributed by atoms with Crippen molar-refractivity contribution in [3.8, 4) is 17.2 Å². The highest BCUT2D eigenvalue weighted by Crippen LogP contribution is 2.37. The first-order valence-corrected chi connectivity index (χ1v) is 8.27. The zero-order valence-electron chi connectivity index (χ0n) is 13.8. The van der Waals surface area contributed by atoms with Crippen molar-refractivity contribution in [3.05, 3.63) is 48.0 Å². The van der Waals surface area contributed by atoms with Crippen LogP contribution in [-0.4, -0.2) is 33.0 Å². The Kier molecular flexibility index (Phi) is 3.94. The monoisotopic (exact) mass is 326 g/mol. The molecule has 0 radical (unpaired) electrons. The molecule has 24 heavy (non-hydrogen) atoms. The van der Waals surface area contributed by atoms with Crippen LogP contribution in [0.3, 0.4) is 0 Å². The standard InChI is InChI=1S/C19H22N2O3/c1-22-17-5-2-13(3-6-17)14-8-15(20)11-21(10-14)16-4-7-18-19(9-16)24-12-23-18/h2-7,9,14-15H,8,10-12,20H2,1H3. The number of hydrogen-bond acceptors (Lipinski definition) is 5. The number of methoxy groups -OCH3 is 1. The van der Waals surface area contributed by atoms with Crippen molar-refractivity contribution in [2.75, 3.05) is 31.9 Å². The van der Waals surface area contributed by atoms with Gasteiger partial charge in [0.15, 0.2) is 11.5 Å². The van der Waals surface area contributed by atoms with E-state index in [0.29, 0.717) is 12.7 Å². The summed E-state index contributed by atoms with van der Waals surface area (Å²) in [7, 11) is 1.69. The molecule has 0 aliphatic carbocycles. The van der Waals surface area contributed by atoms with Crippen LogP contribution in [0.1, 0.15) is 17.9 Å². The van der Waals surface area contributed by atoms with Crippen LogP contribution in [0.25, 0.3) is 0 Å². The van der Waals surface area contributed by atoms with Gasteiger partial charge in [0.1, 0.15) is 5.75 Å². The zero-order chi connectivity index (χ0) is 16.5. The van der Waals surface area contributed by atoms with Crippen molar-refractivity contribution in [1.82, 2.24) is 0 Å². The Bertz CT molecular complexity index is 717. The largest absolute Gasteiger partial charge is 0.497 e. The number of ether oxygens (including phenoxy) is 3. The Morgan fingerprint density at radius 3 is 2.62 bits per heavy atom. The third-order valence-electron chi connectivity index (χ3n) is 4.79. The smallest absolute Gasteiger partial charge is 0.231 e. The van der Waals surface area contributed by atoms with Gasteiger partial charge < -0.3 is 24.8 Å². The summed E-state index contributed by atoms with van der Waals surface area (Å²) in [6.45, 7) is 2.10. The second-order valence-corrected chi connectivity index (χ2v) is 6.41. The molecule has 2 aliphatic heterocycles. The summed E-state index contributed by atoms with van der Waals surface area (Å²) in [5, 5.41) is 0. The molecule has 2 heterocycles. The first-order chi connectivity index (χ1) is 11.7. The predicted molar refractivity (Wildman–Crippen MR) is 93.1 cm³/mol. The maximum atomic E-state index is 6.34. The highest BCUT2D eigenvalue weighted by atomic mass is 16.7. The van der Waals surface area contributed by atoms with Crippen molar-refractivity contribution in [1.29, 1.82) is 0 Å². The number of benzene rings is 2. The van der Waals surface area contributed by atoms with Gasteiger partial charge in [-0.05, 0) is 36.2 Å². The minimum absolute atomic E-state index is 0.149. The van der Waals surface area contributed by atoms with Crippen molar-refractivity contribution in [2.24, 2.45) is 5.73 Å². The third-order valence-corrected chi connectivity index (χ3v) is 4.79. The normalized spacial score (nSPS) is 22.5. The van der Waals surface area contributed by atoms with Gasteiger partial charge >= 0.3 is 0 Å². The lowest BCUT2D eigenvalue weighted by atomic mass is 9.88. The summed E-state index contributed by atoms with van der Waals surface area (Å²) in [6.07, 6.45) is 0.993. The van der Waals surface area contributed by atoms with E-state index in [1.165, 1.54) is 5.56 Å². The molecule has 0 saturated carbocycles. The van der Waals surface area contributed by atoms with Crippen LogP contribution in [0.5, 0.6) is 17.2 Å². The number of piperidine rings is 1. The van der Waals surface area contributed by atoms with E-state index in [1.807, 2.05) is 24.3 Å². The molecule has 4 rings (SSSR count). The molecular formula is C19H22N2O3. The number of nitrogens with zero attached hydrogens (tertiary/aromatic N) is 1. The Morgan fingerprint density at radius 1 is 1.04 bits per heavy atom. The summed E-state index contributed by atoms with van der Waals surface area (Å²) in [6, 6.07) is 14.6. The van der Waals surface area contributed by atoms with Crippen LogP contribution in [0, 0.1) is 0 Å². The Morgan fingerprint density at radius 2 is 1.83 bits per heavy atom. The molecule has 126 valence electrons. The Labute approximate surface area is 141 Å². The highest BCUT2D eigenvalue weighted by Gasteiger charge is 2.27. The minimum Gasteiger partial charge on any atom is -0.497 e. The minimum atomic E-state index is 0.149. The van der Waals surface area contributed by atoms with E-state index in [2.05, 4.69) is 23.1 Å². The van der Waals surface area contributed by atoms with Gasteiger partial charge in [0.2, 0.25) is 6.79 Å². The van der Waals surface area contributed by atoms with Crippen LogP contribution in [0.2, 0.25) is 0 Å². The van der Waals surface area contributed by atoms with Crippen LogP contribution in [-0.2, 0) is 0 Å². The van der Waals surface area contributed by atoms with Crippen LogP contribution < -0.4 is 24.8 Å². The van der Waals surface area contributed by atoms with Gasteiger partial charge in [0, 0.05) is 36.8 Å². The maximum absolute atomic E-state index is 6.34. The second-order valence-electron chi connectivity index (χ2n) is 6.41. The quantitative estimate of drug-likeness (QED) is 0.940. The third kappa shape index (κ3) is 2.87. The molecule has 0 amide bonds. The fraction of sp³-hybridized carbons (Fsp3) is 0.368. The summed E-state index contributed by atoms with van der Waals surface area (Å²) in [5.74, 6) is 2.91. The first kappa shape index (κ1) is 15.1. The Hall–Kier alpha value is -2.40.